The Hall–Kier alpha value is -2.32. The minimum Gasteiger partial charge on any atom is -0.454 e. The number of carbonyl (C=O) groups is 1. The lowest BCUT2D eigenvalue weighted by atomic mass is 9.99. The number of hydrogen-bond acceptors (Lipinski definition) is 7. The Morgan fingerprint density at radius 1 is 1.25 bits per heavy atom. The first-order chi connectivity index (χ1) is 13.7. The van der Waals surface area contributed by atoms with Crippen molar-refractivity contribution in [1.82, 2.24) is 15.2 Å². The van der Waals surface area contributed by atoms with Gasteiger partial charge < -0.3 is 19.7 Å². The Morgan fingerprint density at radius 2 is 2.04 bits per heavy atom. The molecule has 0 spiro atoms. The van der Waals surface area contributed by atoms with Crippen molar-refractivity contribution >= 4 is 22.4 Å². The van der Waals surface area contributed by atoms with Gasteiger partial charge in [0.2, 0.25) is 6.79 Å². The fourth-order valence-electron chi connectivity index (χ4n) is 3.82. The molecule has 8 heteroatoms. The Morgan fingerprint density at radius 3 is 2.79 bits per heavy atom. The molecule has 1 aromatic carbocycles. The van der Waals surface area contributed by atoms with E-state index in [1.807, 2.05) is 6.07 Å². The van der Waals surface area contributed by atoms with Crippen LogP contribution in [0.3, 0.4) is 0 Å². The minimum atomic E-state index is -0.0757. The summed E-state index contributed by atoms with van der Waals surface area (Å²) in [7, 11) is 1.64. The fraction of sp³-hybridized carbons (Fsp3) is 0.500. The van der Waals surface area contributed by atoms with Crippen LogP contribution in [0.2, 0.25) is 0 Å². The van der Waals surface area contributed by atoms with E-state index in [0.29, 0.717) is 17.7 Å². The molecule has 0 aliphatic carbocycles. The molecule has 0 radical (unpaired) electrons. The highest BCUT2D eigenvalue weighted by molar-refractivity contribution is 7.17. The van der Waals surface area contributed by atoms with Crippen LogP contribution in [0.25, 0.3) is 0 Å². The van der Waals surface area contributed by atoms with Gasteiger partial charge in [0.1, 0.15) is 4.88 Å². The Balaban J connectivity index is 1.43. The van der Waals surface area contributed by atoms with Crippen molar-refractivity contribution in [2.75, 3.05) is 44.9 Å². The summed E-state index contributed by atoms with van der Waals surface area (Å²) in [6.45, 7) is 6.28. The molecule has 2 aromatic rings. The van der Waals surface area contributed by atoms with Crippen molar-refractivity contribution in [2.24, 2.45) is 0 Å². The first kappa shape index (κ1) is 19.0. The van der Waals surface area contributed by atoms with Crippen LogP contribution in [0.5, 0.6) is 11.5 Å². The van der Waals surface area contributed by atoms with Gasteiger partial charge >= 0.3 is 0 Å². The summed E-state index contributed by atoms with van der Waals surface area (Å²) in [5.74, 6) is 1.61. The smallest absolute Gasteiger partial charge is 0.262 e. The van der Waals surface area contributed by atoms with E-state index in [1.54, 1.807) is 13.2 Å². The van der Waals surface area contributed by atoms with Crippen LogP contribution in [0.15, 0.2) is 24.4 Å². The third-order valence-corrected chi connectivity index (χ3v) is 6.37. The third kappa shape index (κ3) is 3.79. The number of aromatic nitrogens is 1. The van der Waals surface area contributed by atoms with Gasteiger partial charge in [-0.05, 0) is 24.1 Å². The molecular formula is C20H26N4O3S. The van der Waals surface area contributed by atoms with Crippen molar-refractivity contribution in [1.29, 1.82) is 0 Å². The van der Waals surface area contributed by atoms with Gasteiger partial charge in [0.25, 0.3) is 5.91 Å². The van der Waals surface area contributed by atoms with Gasteiger partial charge in [-0.1, -0.05) is 30.7 Å². The van der Waals surface area contributed by atoms with Gasteiger partial charge in [-0.2, -0.15) is 0 Å². The zero-order valence-corrected chi connectivity index (χ0v) is 17.1. The highest BCUT2D eigenvalue weighted by Crippen LogP contribution is 2.37. The topological polar surface area (TPSA) is 66.9 Å². The number of nitrogens with one attached hydrogen (secondary N) is 1. The highest BCUT2D eigenvalue weighted by Gasteiger charge is 2.27. The lowest BCUT2D eigenvalue weighted by Gasteiger charge is -2.39. The van der Waals surface area contributed by atoms with E-state index >= 15 is 0 Å². The summed E-state index contributed by atoms with van der Waals surface area (Å²) in [5, 5.41) is 3.58. The number of rotatable bonds is 6. The molecular weight excluding hydrogens is 376 g/mol. The summed E-state index contributed by atoms with van der Waals surface area (Å²) in [5.41, 5.74) is 1.29. The first-order valence-electron chi connectivity index (χ1n) is 9.76. The second-order valence-corrected chi connectivity index (χ2v) is 8.04. The molecule has 0 bridgehead atoms. The molecule has 28 heavy (non-hydrogen) atoms. The number of piperazine rings is 1. The average molecular weight is 403 g/mol. The van der Waals surface area contributed by atoms with Crippen LogP contribution in [-0.2, 0) is 0 Å². The van der Waals surface area contributed by atoms with Gasteiger partial charge in [0.15, 0.2) is 16.6 Å². The van der Waals surface area contributed by atoms with Crippen LogP contribution < -0.4 is 19.7 Å². The zero-order chi connectivity index (χ0) is 19.5. The van der Waals surface area contributed by atoms with Gasteiger partial charge in [-0.15, -0.1) is 0 Å². The minimum absolute atomic E-state index is 0.0757. The molecule has 1 amide bonds. The largest absolute Gasteiger partial charge is 0.454 e. The van der Waals surface area contributed by atoms with E-state index in [9.17, 15) is 4.79 Å². The lowest BCUT2D eigenvalue weighted by molar-refractivity contribution is 0.0967. The van der Waals surface area contributed by atoms with E-state index in [2.05, 4.69) is 39.2 Å². The molecule has 1 unspecified atom stereocenters. The van der Waals surface area contributed by atoms with Crippen LogP contribution in [-0.4, -0.2) is 55.8 Å². The maximum Gasteiger partial charge on any atom is 0.262 e. The molecule has 1 atom stereocenters. The number of fused-ring (bicyclic) bond motifs is 1. The molecule has 0 saturated carbocycles. The summed E-state index contributed by atoms with van der Waals surface area (Å²) < 4.78 is 11.0. The van der Waals surface area contributed by atoms with E-state index in [4.69, 9.17) is 9.47 Å². The Kier molecular flexibility index (Phi) is 5.68. The molecule has 1 saturated heterocycles. The summed E-state index contributed by atoms with van der Waals surface area (Å²) in [4.78, 5) is 21.7. The van der Waals surface area contributed by atoms with Crippen LogP contribution in [0.1, 0.15) is 41.0 Å². The summed E-state index contributed by atoms with van der Waals surface area (Å²) in [6, 6.07) is 6.69. The quantitative estimate of drug-likeness (QED) is 0.801. The number of carbonyl (C=O) groups excluding carboxylic acids is 1. The molecule has 1 fully saturated rings. The molecule has 7 nitrogen and oxygen atoms in total. The van der Waals surface area contributed by atoms with Crippen LogP contribution >= 0.6 is 11.3 Å². The number of ether oxygens (including phenoxy) is 2. The molecule has 150 valence electrons. The molecule has 2 aliphatic rings. The van der Waals surface area contributed by atoms with Crippen LogP contribution in [0.4, 0.5) is 5.13 Å². The standard InChI is InChI=1S/C20H26N4O3S/c1-3-4-15(14-5-6-16-17(11-14)27-13-26-16)23-7-9-24(10-8-23)20-22-12-18(28-20)19(25)21-2/h5-6,11-12,15H,3-4,7-10,13H2,1-2H3,(H,21,25). The van der Waals surface area contributed by atoms with Crippen LogP contribution in [0, 0.1) is 0 Å². The SMILES string of the molecule is CCCC(c1ccc2c(c1)OCO2)N1CCN(c2ncc(C(=O)NC)s2)CC1. The maximum atomic E-state index is 11.8. The molecule has 4 rings (SSSR count). The number of nitrogens with zero attached hydrogens (tertiary/aromatic N) is 3. The van der Waals surface area contributed by atoms with E-state index in [0.717, 1.165) is 55.7 Å². The summed E-state index contributed by atoms with van der Waals surface area (Å²) >= 11 is 1.46. The second kappa shape index (κ2) is 8.36. The molecule has 1 aromatic heterocycles. The van der Waals surface area contributed by atoms with Crippen molar-refractivity contribution in [3.05, 3.63) is 34.8 Å². The second-order valence-electron chi connectivity index (χ2n) is 7.03. The van der Waals surface area contributed by atoms with Gasteiger partial charge in [0.05, 0.1) is 6.20 Å². The number of amides is 1. The molecule has 3 heterocycles. The number of anilines is 1. The highest BCUT2D eigenvalue weighted by atomic mass is 32.1. The van der Waals surface area contributed by atoms with Gasteiger partial charge in [-0.3, -0.25) is 9.69 Å². The fourth-order valence-corrected chi connectivity index (χ4v) is 4.73. The monoisotopic (exact) mass is 402 g/mol. The number of benzene rings is 1. The molecule has 2 aliphatic heterocycles. The van der Waals surface area contributed by atoms with Crippen molar-refractivity contribution in [3.63, 3.8) is 0 Å². The third-order valence-electron chi connectivity index (χ3n) is 5.31. The average Bonchev–Trinajstić information content (AvgIpc) is 3.40. The number of thiazole rings is 1. The van der Waals surface area contributed by atoms with E-state index in [1.165, 1.54) is 16.9 Å². The number of hydrogen-bond donors (Lipinski definition) is 1. The predicted octanol–water partition coefficient (Wildman–Crippen LogP) is 2.89. The first-order valence-corrected chi connectivity index (χ1v) is 10.6. The van der Waals surface area contributed by atoms with Gasteiger partial charge in [-0.25, -0.2) is 4.98 Å². The normalized spacial score (nSPS) is 17.6. The summed E-state index contributed by atoms with van der Waals surface area (Å²) in [6.07, 6.45) is 3.90. The lowest BCUT2D eigenvalue weighted by Crippen LogP contribution is -2.47. The van der Waals surface area contributed by atoms with Crippen molar-refractivity contribution in [3.8, 4) is 11.5 Å². The van der Waals surface area contributed by atoms with E-state index < -0.39 is 0 Å². The molecule has 1 N–H and O–H groups in total. The van der Waals surface area contributed by atoms with Crippen molar-refractivity contribution in [2.45, 2.75) is 25.8 Å². The predicted molar refractivity (Wildman–Crippen MR) is 110 cm³/mol. The zero-order valence-electron chi connectivity index (χ0n) is 16.3. The Bertz CT molecular complexity index is 833. The maximum absolute atomic E-state index is 11.8. The van der Waals surface area contributed by atoms with Crippen molar-refractivity contribution < 1.29 is 14.3 Å². The van der Waals surface area contributed by atoms with E-state index in [-0.39, 0.29) is 5.91 Å². The Labute approximate surface area is 169 Å². The van der Waals surface area contributed by atoms with Gasteiger partial charge in [0, 0.05) is 39.3 Å².